The molecule has 0 atom stereocenters. The minimum atomic E-state index is -0.769. The minimum absolute atomic E-state index is 0. The molecule has 0 aliphatic carbocycles. The van der Waals surface area contributed by atoms with Crippen LogP contribution in [0.3, 0.4) is 0 Å². The Morgan fingerprint density at radius 1 is 0.604 bits per heavy atom. The first-order valence-corrected chi connectivity index (χ1v) is 16.1. The smallest absolute Gasteiger partial charge is 0.509 e. The third-order valence-electron chi connectivity index (χ3n) is 8.67. The summed E-state index contributed by atoms with van der Waals surface area (Å²) >= 11 is 0. The molecule has 6 aromatic rings. The van der Waals surface area contributed by atoms with Crippen LogP contribution in [0, 0.1) is 26.0 Å². The maximum atomic E-state index is 6.47. The number of aryl methyl sites for hydroxylation is 2. The molecular weight excluding hydrogens is 683 g/mol. The van der Waals surface area contributed by atoms with Gasteiger partial charge in [-0.05, 0) is 64.8 Å². The maximum Gasteiger partial charge on any atom is 2.00 e. The first-order valence-electron chi connectivity index (χ1n) is 16.1. The van der Waals surface area contributed by atoms with Gasteiger partial charge in [-0.2, -0.15) is 23.3 Å². The van der Waals surface area contributed by atoms with Crippen molar-refractivity contribution in [3.63, 3.8) is 0 Å². The Morgan fingerprint density at radius 3 is 1.65 bits per heavy atom. The quantitative estimate of drug-likeness (QED) is 0.0935. The standard InChI is InChI=1S/C42H42N4O.Pd/c1-29-44-30(2)46(45-29)36-14-12-16-38(28-36)47-37-15-11-13-35(27-37)42(39-17-9-10-26-43-39,33-22-18-31(19-23-33)40(3,4)5)34-24-20-32(21-25-34)41(6,7)8;/h9-26H,1-8H3;/q-2;+2. The summed E-state index contributed by atoms with van der Waals surface area (Å²) in [5, 5.41) is 4.52. The van der Waals surface area contributed by atoms with Gasteiger partial charge in [0.05, 0.1) is 11.1 Å². The summed E-state index contributed by atoms with van der Waals surface area (Å²) < 4.78 is 8.24. The molecular formula is C42H42N4OPd. The molecule has 2 aromatic heterocycles. The number of rotatable bonds is 7. The van der Waals surface area contributed by atoms with Gasteiger partial charge in [0.2, 0.25) is 0 Å². The number of aromatic nitrogens is 4. The van der Waals surface area contributed by atoms with Crippen molar-refractivity contribution in [3.8, 4) is 17.2 Å². The Kier molecular flexibility index (Phi) is 9.92. The van der Waals surface area contributed by atoms with E-state index >= 15 is 0 Å². The molecule has 0 radical (unpaired) electrons. The van der Waals surface area contributed by atoms with Crippen molar-refractivity contribution < 1.29 is 25.2 Å². The predicted octanol–water partition coefficient (Wildman–Crippen LogP) is 9.65. The second-order valence-electron chi connectivity index (χ2n) is 14.2. The van der Waals surface area contributed by atoms with Crippen LogP contribution in [0.1, 0.15) is 86.7 Å². The van der Waals surface area contributed by atoms with Gasteiger partial charge in [-0.15, -0.1) is 35.9 Å². The number of nitrogens with zero attached hydrogens (tertiary/aromatic N) is 4. The zero-order chi connectivity index (χ0) is 33.4. The summed E-state index contributed by atoms with van der Waals surface area (Å²) in [6.45, 7) is 17.3. The van der Waals surface area contributed by atoms with Crippen molar-refractivity contribution in [1.29, 1.82) is 0 Å². The summed E-state index contributed by atoms with van der Waals surface area (Å²) in [6, 6.07) is 43.0. The molecule has 4 aromatic carbocycles. The van der Waals surface area contributed by atoms with E-state index in [-0.39, 0.29) is 31.3 Å². The molecule has 48 heavy (non-hydrogen) atoms. The fraction of sp³-hybridized carbons (Fsp3) is 0.262. The van der Waals surface area contributed by atoms with E-state index in [2.05, 4.69) is 130 Å². The molecule has 5 nitrogen and oxygen atoms in total. The molecule has 0 saturated carbocycles. The van der Waals surface area contributed by atoms with E-state index in [9.17, 15) is 0 Å². The van der Waals surface area contributed by atoms with Crippen LogP contribution >= 0.6 is 0 Å². The first kappa shape index (κ1) is 35.0. The number of hydrogen-bond acceptors (Lipinski definition) is 4. The summed E-state index contributed by atoms with van der Waals surface area (Å²) in [5.74, 6) is 2.65. The van der Waals surface area contributed by atoms with Crippen LogP contribution in [0.4, 0.5) is 0 Å². The van der Waals surface area contributed by atoms with Gasteiger partial charge in [0.15, 0.2) is 0 Å². The van der Waals surface area contributed by atoms with Crippen LogP contribution in [-0.4, -0.2) is 19.7 Å². The zero-order valence-electron chi connectivity index (χ0n) is 28.9. The number of benzene rings is 4. The van der Waals surface area contributed by atoms with Crippen molar-refractivity contribution in [1.82, 2.24) is 19.7 Å². The normalized spacial score (nSPS) is 12.0. The summed E-state index contributed by atoms with van der Waals surface area (Å²) in [7, 11) is 0. The van der Waals surface area contributed by atoms with E-state index in [4.69, 9.17) is 9.72 Å². The van der Waals surface area contributed by atoms with E-state index in [1.807, 2.05) is 56.4 Å². The number of hydrogen-bond donors (Lipinski definition) is 0. The predicted molar refractivity (Wildman–Crippen MR) is 189 cm³/mol. The van der Waals surface area contributed by atoms with E-state index in [0.717, 1.165) is 33.9 Å². The Bertz CT molecular complexity index is 1930. The van der Waals surface area contributed by atoms with Gasteiger partial charge >= 0.3 is 20.4 Å². The topological polar surface area (TPSA) is 52.8 Å². The van der Waals surface area contributed by atoms with Gasteiger partial charge in [0, 0.05) is 17.7 Å². The van der Waals surface area contributed by atoms with Crippen molar-refractivity contribution in [2.45, 2.75) is 71.6 Å². The Morgan fingerprint density at radius 2 is 1.15 bits per heavy atom. The van der Waals surface area contributed by atoms with Crippen LogP contribution < -0.4 is 4.74 Å². The van der Waals surface area contributed by atoms with Crippen molar-refractivity contribution in [3.05, 3.63) is 167 Å². The molecule has 0 spiro atoms. The van der Waals surface area contributed by atoms with Crippen LogP contribution in [0.15, 0.2) is 109 Å². The summed E-state index contributed by atoms with van der Waals surface area (Å²) in [5.41, 5.74) is 6.63. The minimum Gasteiger partial charge on any atom is -0.509 e. The van der Waals surface area contributed by atoms with Gasteiger partial charge in [-0.3, -0.25) is 4.98 Å². The molecule has 0 saturated heterocycles. The molecule has 0 fully saturated rings. The van der Waals surface area contributed by atoms with E-state index in [1.54, 1.807) is 4.68 Å². The van der Waals surface area contributed by atoms with Crippen LogP contribution in [0.5, 0.6) is 11.5 Å². The van der Waals surface area contributed by atoms with E-state index in [1.165, 1.54) is 11.1 Å². The molecule has 0 bridgehead atoms. The SMILES string of the molecule is Cc1nc(C)n(-c2[c-]c(Oc3[c-]c(C(c4ccc(C(C)(C)C)cc4)(c4ccc(C(C)(C)C)cc4)c4ccccn4)ccc3)ccc2)n1.[Pd+2]. The number of pyridine rings is 1. The zero-order valence-corrected chi connectivity index (χ0v) is 30.5. The fourth-order valence-electron chi connectivity index (χ4n) is 6.15. The second kappa shape index (κ2) is 13.6. The van der Waals surface area contributed by atoms with Gasteiger partial charge in [0.1, 0.15) is 11.6 Å². The first-order chi connectivity index (χ1) is 22.4. The van der Waals surface area contributed by atoms with Gasteiger partial charge < -0.3 is 4.74 Å². The monoisotopic (exact) mass is 724 g/mol. The van der Waals surface area contributed by atoms with Gasteiger partial charge in [-0.25, -0.2) is 9.67 Å². The van der Waals surface area contributed by atoms with Gasteiger partial charge in [0.25, 0.3) is 0 Å². The van der Waals surface area contributed by atoms with Crippen LogP contribution in [0.25, 0.3) is 5.69 Å². The molecule has 0 N–H and O–H groups in total. The Hall–Kier alpha value is -4.37. The molecule has 2 heterocycles. The van der Waals surface area contributed by atoms with Gasteiger partial charge in [-0.1, -0.05) is 96.1 Å². The van der Waals surface area contributed by atoms with E-state index in [0.29, 0.717) is 17.3 Å². The molecule has 0 unspecified atom stereocenters. The molecule has 6 rings (SSSR count). The van der Waals surface area contributed by atoms with Crippen molar-refractivity contribution in [2.24, 2.45) is 0 Å². The third-order valence-corrected chi connectivity index (χ3v) is 8.67. The number of ether oxygens (including phenoxy) is 1. The molecule has 6 heteroatoms. The maximum absolute atomic E-state index is 6.47. The Labute approximate surface area is 299 Å². The summed E-state index contributed by atoms with van der Waals surface area (Å²) in [4.78, 5) is 9.45. The Balaban J connectivity index is 0.00000451. The largest absolute Gasteiger partial charge is 2.00 e. The average Bonchev–Trinajstić information content (AvgIpc) is 3.39. The van der Waals surface area contributed by atoms with Crippen LogP contribution in [0.2, 0.25) is 0 Å². The molecule has 0 aliphatic heterocycles. The average molecular weight is 725 g/mol. The molecule has 246 valence electrons. The van der Waals surface area contributed by atoms with E-state index < -0.39 is 5.41 Å². The summed E-state index contributed by atoms with van der Waals surface area (Å²) in [6.07, 6.45) is 1.87. The molecule has 0 aliphatic rings. The molecule has 0 amide bonds. The fourth-order valence-corrected chi connectivity index (χ4v) is 6.15. The second-order valence-corrected chi connectivity index (χ2v) is 14.2. The third kappa shape index (κ3) is 6.92. The van der Waals surface area contributed by atoms with Crippen LogP contribution in [-0.2, 0) is 36.7 Å². The van der Waals surface area contributed by atoms with Crippen molar-refractivity contribution in [2.75, 3.05) is 0 Å². The van der Waals surface area contributed by atoms with Crippen molar-refractivity contribution >= 4 is 0 Å².